The molecule has 0 aliphatic rings. The maximum atomic E-state index is 6.13. The number of benzene rings is 1. The Morgan fingerprint density at radius 2 is 1.78 bits per heavy atom. The van der Waals surface area contributed by atoms with Gasteiger partial charge in [0.05, 0.1) is 10.2 Å². The first-order valence-corrected chi connectivity index (χ1v) is 7.56. The van der Waals surface area contributed by atoms with Crippen molar-refractivity contribution in [1.29, 1.82) is 0 Å². The van der Waals surface area contributed by atoms with Crippen LogP contribution in [0.25, 0.3) is 11.4 Å². The normalized spacial score (nSPS) is 10.7. The van der Waals surface area contributed by atoms with Crippen molar-refractivity contribution >= 4 is 43.5 Å². The van der Waals surface area contributed by atoms with Crippen molar-refractivity contribution in [2.45, 2.75) is 19.8 Å². The Labute approximate surface area is 128 Å². The number of hydrogen-bond donors (Lipinski definition) is 0. The lowest BCUT2D eigenvalue weighted by Gasteiger charge is -2.07. The van der Waals surface area contributed by atoms with Crippen LogP contribution < -0.4 is 0 Å². The summed E-state index contributed by atoms with van der Waals surface area (Å²) in [7, 11) is 0. The molecule has 1 aromatic heterocycles. The van der Waals surface area contributed by atoms with Crippen molar-refractivity contribution in [1.82, 2.24) is 9.97 Å². The van der Waals surface area contributed by atoms with Crippen molar-refractivity contribution in [2.75, 3.05) is 0 Å². The van der Waals surface area contributed by atoms with E-state index in [1.165, 1.54) is 0 Å². The van der Waals surface area contributed by atoms with Crippen LogP contribution in [-0.4, -0.2) is 9.97 Å². The van der Waals surface area contributed by atoms with Gasteiger partial charge in [-0.15, -0.1) is 0 Å². The van der Waals surface area contributed by atoms with E-state index in [-0.39, 0.29) is 0 Å². The van der Waals surface area contributed by atoms with Crippen molar-refractivity contribution in [2.24, 2.45) is 0 Å². The first-order valence-electron chi connectivity index (χ1n) is 5.59. The molecule has 0 bridgehead atoms. The second-order valence-corrected chi connectivity index (χ2v) is 5.92. The summed E-state index contributed by atoms with van der Waals surface area (Å²) in [6.07, 6.45) is 1.90. The zero-order valence-corrected chi connectivity index (χ0v) is 13.7. The standard InChI is InChI=1S/C13H11Br2ClN2/c1-2-3-10-11(15)12(16)18-13(17-10)8-4-6-9(14)7-5-8/h4-7H,2-3H2,1H3. The topological polar surface area (TPSA) is 25.8 Å². The van der Waals surface area contributed by atoms with Gasteiger partial charge < -0.3 is 0 Å². The molecule has 0 fully saturated rings. The van der Waals surface area contributed by atoms with Crippen molar-refractivity contribution in [3.05, 3.63) is 44.1 Å². The van der Waals surface area contributed by atoms with Crippen molar-refractivity contribution < 1.29 is 0 Å². The summed E-state index contributed by atoms with van der Waals surface area (Å²) in [6, 6.07) is 7.88. The average Bonchev–Trinajstić information content (AvgIpc) is 2.36. The molecule has 0 amide bonds. The zero-order chi connectivity index (χ0) is 13.1. The van der Waals surface area contributed by atoms with Crippen LogP contribution in [0, 0.1) is 0 Å². The molecule has 0 radical (unpaired) electrons. The Morgan fingerprint density at radius 3 is 2.39 bits per heavy atom. The fourth-order valence-corrected chi connectivity index (χ4v) is 2.42. The lowest BCUT2D eigenvalue weighted by atomic mass is 10.2. The first kappa shape index (κ1) is 14.0. The lowest BCUT2D eigenvalue weighted by molar-refractivity contribution is 0.868. The number of halogens is 3. The Balaban J connectivity index is 2.48. The van der Waals surface area contributed by atoms with Gasteiger partial charge in [-0.05, 0) is 34.5 Å². The summed E-state index contributed by atoms with van der Waals surface area (Å²) in [5, 5.41) is 0.464. The molecule has 18 heavy (non-hydrogen) atoms. The molecule has 0 saturated carbocycles. The summed E-state index contributed by atoms with van der Waals surface area (Å²) in [5.74, 6) is 0.666. The van der Waals surface area contributed by atoms with Crippen LogP contribution in [0.1, 0.15) is 19.0 Å². The highest BCUT2D eigenvalue weighted by molar-refractivity contribution is 9.10. The zero-order valence-electron chi connectivity index (χ0n) is 9.75. The molecule has 2 rings (SSSR count). The number of rotatable bonds is 3. The molecular weight excluding hydrogens is 379 g/mol. The van der Waals surface area contributed by atoms with E-state index in [2.05, 4.69) is 48.8 Å². The minimum absolute atomic E-state index is 0.464. The molecule has 0 aliphatic heterocycles. The van der Waals surface area contributed by atoms with E-state index < -0.39 is 0 Å². The highest BCUT2D eigenvalue weighted by Crippen LogP contribution is 2.28. The number of nitrogens with zero attached hydrogens (tertiary/aromatic N) is 2. The summed E-state index contributed by atoms with van der Waals surface area (Å²) in [4.78, 5) is 8.87. The highest BCUT2D eigenvalue weighted by Gasteiger charge is 2.11. The Kier molecular flexibility index (Phi) is 4.76. The van der Waals surface area contributed by atoms with E-state index in [4.69, 9.17) is 11.6 Å². The van der Waals surface area contributed by atoms with Gasteiger partial charge in [0, 0.05) is 10.0 Å². The highest BCUT2D eigenvalue weighted by atomic mass is 79.9. The molecule has 0 atom stereocenters. The van der Waals surface area contributed by atoms with Gasteiger partial charge in [-0.25, -0.2) is 9.97 Å². The van der Waals surface area contributed by atoms with Crippen LogP contribution >= 0.6 is 43.5 Å². The predicted molar refractivity (Wildman–Crippen MR) is 81.9 cm³/mol. The van der Waals surface area contributed by atoms with Crippen molar-refractivity contribution in [3.8, 4) is 11.4 Å². The predicted octanol–water partition coefficient (Wildman–Crippen LogP) is 5.27. The minimum Gasteiger partial charge on any atom is -0.232 e. The van der Waals surface area contributed by atoms with Crippen LogP contribution in [0.4, 0.5) is 0 Å². The molecule has 5 heteroatoms. The third kappa shape index (κ3) is 3.11. The van der Waals surface area contributed by atoms with Gasteiger partial charge in [-0.3, -0.25) is 0 Å². The van der Waals surface area contributed by atoms with Crippen LogP contribution in [0.15, 0.2) is 33.2 Å². The molecule has 0 N–H and O–H groups in total. The second-order valence-electron chi connectivity index (χ2n) is 3.86. The Morgan fingerprint density at radius 1 is 1.11 bits per heavy atom. The summed E-state index contributed by atoms with van der Waals surface area (Å²) in [6.45, 7) is 2.11. The van der Waals surface area contributed by atoms with Gasteiger partial charge in [-0.2, -0.15) is 0 Å². The average molecular weight is 391 g/mol. The molecule has 0 unspecified atom stereocenters. The first-order chi connectivity index (χ1) is 8.61. The van der Waals surface area contributed by atoms with Crippen LogP contribution in [-0.2, 0) is 6.42 Å². The van der Waals surface area contributed by atoms with Crippen LogP contribution in [0.5, 0.6) is 0 Å². The smallest absolute Gasteiger partial charge is 0.161 e. The van der Waals surface area contributed by atoms with Gasteiger partial charge in [0.15, 0.2) is 5.82 Å². The Hall–Kier alpha value is -0.450. The van der Waals surface area contributed by atoms with Gasteiger partial charge >= 0.3 is 0 Å². The van der Waals surface area contributed by atoms with Gasteiger partial charge in [0.25, 0.3) is 0 Å². The molecule has 1 aromatic carbocycles. The largest absolute Gasteiger partial charge is 0.232 e. The fourth-order valence-electron chi connectivity index (χ4n) is 1.59. The minimum atomic E-state index is 0.464. The van der Waals surface area contributed by atoms with Crippen LogP contribution in [0.2, 0.25) is 5.15 Å². The van der Waals surface area contributed by atoms with Gasteiger partial charge in [0.1, 0.15) is 5.15 Å². The Bertz CT molecular complexity index is 556. The van der Waals surface area contributed by atoms with Crippen LogP contribution in [0.3, 0.4) is 0 Å². The maximum absolute atomic E-state index is 6.13. The number of aromatic nitrogens is 2. The maximum Gasteiger partial charge on any atom is 0.161 e. The molecule has 0 aliphatic carbocycles. The molecule has 0 saturated heterocycles. The molecule has 2 aromatic rings. The van der Waals surface area contributed by atoms with E-state index in [9.17, 15) is 0 Å². The summed E-state index contributed by atoms with van der Waals surface area (Å²) in [5.41, 5.74) is 1.92. The SMILES string of the molecule is CCCc1nc(-c2ccc(Br)cc2)nc(Cl)c1Br. The third-order valence-corrected chi connectivity index (χ3v) is 4.33. The number of hydrogen-bond acceptors (Lipinski definition) is 2. The second kappa shape index (κ2) is 6.13. The third-order valence-electron chi connectivity index (χ3n) is 2.47. The molecular formula is C13H11Br2ClN2. The van der Waals surface area contributed by atoms with Crippen molar-refractivity contribution in [3.63, 3.8) is 0 Å². The van der Waals surface area contributed by atoms with E-state index >= 15 is 0 Å². The summed E-state index contributed by atoms with van der Waals surface area (Å²) >= 11 is 13.0. The fraction of sp³-hybridized carbons (Fsp3) is 0.231. The molecule has 2 nitrogen and oxygen atoms in total. The van der Waals surface area contributed by atoms with Gasteiger partial charge in [-0.1, -0.05) is 53.0 Å². The lowest BCUT2D eigenvalue weighted by Crippen LogP contribution is -1.98. The quantitative estimate of drug-likeness (QED) is 0.667. The number of aryl methyl sites for hydroxylation is 1. The molecule has 1 heterocycles. The van der Waals surface area contributed by atoms with E-state index in [0.29, 0.717) is 11.0 Å². The molecule has 94 valence electrons. The van der Waals surface area contributed by atoms with E-state index in [0.717, 1.165) is 33.0 Å². The summed E-state index contributed by atoms with van der Waals surface area (Å²) < 4.78 is 1.83. The molecule has 0 spiro atoms. The van der Waals surface area contributed by atoms with Gasteiger partial charge in [0.2, 0.25) is 0 Å². The monoisotopic (exact) mass is 388 g/mol. The van der Waals surface area contributed by atoms with E-state index in [1.54, 1.807) is 0 Å². The van der Waals surface area contributed by atoms with E-state index in [1.807, 2.05) is 24.3 Å².